The third-order valence-electron chi connectivity index (χ3n) is 1.34. The highest BCUT2D eigenvalue weighted by Gasteiger charge is 2.04. The molecule has 0 radical (unpaired) electrons. The van der Waals surface area contributed by atoms with E-state index < -0.39 is 10.1 Å². The van der Waals surface area contributed by atoms with E-state index in [1.54, 1.807) is 24.4 Å². The van der Waals surface area contributed by atoms with E-state index in [4.69, 9.17) is 4.55 Å². The molecular weight excluding hydrogens is 178 g/mol. The van der Waals surface area contributed by atoms with Crippen LogP contribution in [0.25, 0.3) is 0 Å². The lowest BCUT2D eigenvalue weighted by molar-refractivity contribution is 0.482. The lowest BCUT2D eigenvalue weighted by Gasteiger charge is -1.96. The Balaban J connectivity index is 2.56. The van der Waals surface area contributed by atoms with Gasteiger partial charge in [0, 0.05) is 18.3 Å². The fourth-order valence-electron chi connectivity index (χ4n) is 0.780. The van der Waals surface area contributed by atoms with E-state index in [-0.39, 0.29) is 12.2 Å². The summed E-state index contributed by atoms with van der Waals surface area (Å²) in [7, 11) is -3.86. The molecule has 1 heterocycles. The van der Waals surface area contributed by atoms with Gasteiger partial charge in [-0.2, -0.15) is 8.42 Å². The van der Waals surface area contributed by atoms with Crippen molar-refractivity contribution in [3.05, 3.63) is 30.1 Å². The number of pyridine rings is 1. The monoisotopic (exact) mass is 187 g/mol. The molecule has 1 rings (SSSR count). The molecule has 66 valence electrons. The Morgan fingerprint density at radius 3 is 2.67 bits per heavy atom. The predicted molar refractivity (Wildman–Crippen MR) is 44.4 cm³/mol. The molecule has 0 saturated carbocycles. The maximum atomic E-state index is 10.3. The molecule has 1 aromatic rings. The van der Waals surface area contributed by atoms with E-state index in [0.717, 1.165) is 0 Å². The summed E-state index contributed by atoms with van der Waals surface area (Å²) in [6.07, 6.45) is 1.83. The zero-order chi connectivity index (χ0) is 9.03. The molecule has 0 atom stereocenters. The van der Waals surface area contributed by atoms with E-state index in [0.29, 0.717) is 5.69 Å². The lowest BCUT2D eigenvalue weighted by Crippen LogP contribution is -2.07. The molecule has 0 bridgehead atoms. The summed E-state index contributed by atoms with van der Waals surface area (Å²) in [6, 6.07) is 5.23. The Morgan fingerprint density at radius 2 is 2.17 bits per heavy atom. The molecule has 12 heavy (non-hydrogen) atoms. The fourth-order valence-corrected chi connectivity index (χ4v) is 1.25. The first-order valence-electron chi connectivity index (χ1n) is 3.43. The average Bonchev–Trinajstić information content (AvgIpc) is 2.02. The number of rotatable bonds is 3. The second-order valence-electron chi connectivity index (χ2n) is 2.36. The third-order valence-corrected chi connectivity index (χ3v) is 2.06. The van der Waals surface area contributed by atoms with E-state index in [1.807, 2.05) is 0 Å². The van der Waals surface area contributed by atoms with Crippen LogP contribution in [0.15, 0.2) is 24.4 Å². The standard InChI is InChI=1S/C7H9NO3S/c9-12(10,11)6-4-7-3-1-2-5-8-7/h1-3,5H,4,6H2,(H,9,10,11). The zero-order valence-corrected chi connectivity index (χ0v) is 7.16. The number of hydrogen-bond donors (Lipinski definition) is 1. The van der Waals surface area contributed by atoms with Crippen LogP contribution < -0.4 is 0 Å². The second kappa shape index (κ2) is 3.64. The molecule has 0 aliphatic heterocycles. The van der Waals surface area contributed by atoms with Gasteiger partial charge < -0.3 is 0 Å². The van der Waals surface area contributed by atoms with Gasteiger partial charge in [-0.1, -0.05) is 6.07 Å². The van der Waals surface area contributed by atoms with Gasteiger partial charge in [-0.05, 0) is 12.1 Å². The van der Waals surface area contributed by atoms with Gasteiger partial charge in [-0.15, -0.1) is 0 Å². The normalized spacial score (nSPS) is 11.4. The fraction of sp³-hybridized carbons (Fsp3) is 0.286. The van der Waals surface area contributed by atoms with Crippen molar-refractivity contribution in [3.63, 3.8) is 0 Å². The van der Waals surface area contributed by atoms with E-state index in [2.05, 4.69) is 4.98 Å². The van der Waals surface area contributed by atoms with Crippen LogP contribution in [-0.4, -0.2) is 23.7 Å². The van der Waals surface area contributed by atoms with Gasteiger partial charge in [0.15, 0.2) is 0 Å². The lowest BCUT2D eigenvalue weighted by atomic mass is 10.3. The van der Waals surface area contributed by atoms with Crippen LogP contribution in [-0.2, 0) is 16.5 Å². The molecule has 1 aromatic heterocycles. The topological polar surface area (TPSA) is 67.3 Å². The van der Waals surface area contributed by atoms with Crippen LogP contribution in [0.3, 0.4) is 0 Å². The molecule has 0 aliphatic rings. The van der Waals surface area contributed by atoms with Crippen LogP contribution in [0.5, 0.6) is 0 Å². The zero-order valence-electron chi connectivity index (χ0n) is 6.34. The maximum absolute atomic E-state index is 10.3. The first-order chi connectivity index (χ1) is 5.58. The molecule has 0 aromatic carbocycles. The smallest absolute Gasteiger partial charge is 0.265 e. The van der Waals surface area contributed by atoms with E-state index in [9.17, 15) is 8.42 Å². The van der Waals surface area contributed by atoms with Crippen molar-refractivity contribution < 1.29 is 13.0 Å². The first-order valence-corrected chi connectivity index (χ1v) is 5.04. The molecule has 5 heteroatoms. The van der Waals surface area contributed by atoms with Crippen molar-refractivity contribution in [2.24, 2.45) is 0 Å². The summed E-state index contributed by atoms with van der Waals surface area (Å²) < 4.78 is 29.1. The molecule has 0 unspecified atom stereocenters. The average molecular weight is 187 g/mol. The summed E-state index contributed by atoms with van der Waals surface area (Å²) in [4.78, 5) is 3.91. The SMILES string of the molecule is O=S(=O)(O)CCc1ccccn1. The van der Waals surface area contributed by atoms with Crippen molar-refractivity contribution >= 4 is 10.1 Å². The molecular formula is C7H9NO3S. The minimum Gasteiger partial charge on any atom is -0.286 e. The maximum Gasteiger partial charge on any atom is 0.265 e. The number of hydrogen-bond acceptors (Lipinski definition) is 3. The highest BCUT2D eigenvalue weighted by molar-refractivity contribution is 7.85. The summed E-state index contributed by atoms with van der Waals surface area (Å²) in [5, 5.41) is 0. The summed E-state index contributed by atoms with van der Waals surface area (Å²) in [6.45, 7) is 0. The van der Waals surface area contributed by atoms with Gasteiger partial charge in [0.05, 0.1) is 5.75 Å². The highest BCUT2D eigenvalue weighted by atomic mass is 32.2. The molecule has 0 fully saturated rings. The van der Waals surface area contributed by atoms with Crippen LogP contribution in [0.4, 0.5) is 0 Å². The molecule has 0 spiro atoms. The van der Waals surface area contributed by atoms with Crippen LogP contribution >= 0.6 is 0 Å². The van der Waals surface area contributed by atoms with Crippen LogP contribution in [0.2, 0.25) is 0 Å². The predicted octanol–water partition coefficient (Wildman–Crippen LogP) is 0.512. The van der Waals surface area contributed by atoms with Crippen molar-refractivity contribution in [3.8, 4) is 0 Å². The number of aromatic nitrogens is 1. The Bertz CT molecular complexity index is 333. The van der Waals surface area contributed by atoms with Crippen molar-refractivity contribution in [2.75, 3.05) is 5.75 Å². The van der Waals surface area contributed by atoms with Crippen molar-refractivity contribution in [1.82, 2.24) is 4.98 Å². The number of aryl methyl sites for hydroxylation is 1. The third kappa shape index (κ3) is 3.45. The Morgan fingerprint density at radius 1 is 1.42 bits per heavy atom. The van der Waals surface area contributed by atoms with Crippen molar-refractivity contribution in [1.29, 1.82) is 0 Å². The van der Waals surface area contributed by atoms with Gasteiger partial charge in [0.25, 0.3) is 10.1 Å². The minimum atomic E-state index is -3.86. The minimum absolute atomic E-state index is 0.250. The quantitative estimate of drug-likeness (QED) is 0.700. The second-order valence-corrected chi connectivity index (χ2v) is 3.93. The Labute approximate surface area is 71.0 Å². The van der Waals surface area contributed by atoms with E-state index in [1.165, 1.54) is 0 Å². The van der Waals surface area contributed by atoms with Crippen molar-refractivity contribution in [2.45, 2.75) is 6.42 Å². The van der Waals surface area contributed by atoms with Gasteiger partial charge in [0.2, 0.25) is 0 Å². The Hall–Kier alpha value is -0.940. The molecule has 0 aliphatic carbocycles. The summed E-state index contributed by atoms with van der Waals surface area (Å²) in [5.41, 5.74) is 0.662. The summed E-state index contributed by atoms with van der Waals surface area (Å²) >= 11 is 0. The molecule has 0 amide bonds. The van der Waals surface area contributed by atoms with Gasteiger partial charge >= 0.3 is 0 Å². The molecule has 1 N–H and O–H groups in total. The van der Waals surface area contributed by atoms with Gasteiger partial charge in [0.1, 0.15) is 0 Å². The highest BCUT2D eigenvalue weighted by Crippen LogP contribution is 1.96. The largest absolute Gasteiger partial charge is 0.286 e. The van der Waals surface area contributed by atoms with Gasteiger partial charge in [-0.25, -0.2) is 0 Å². The van der Waals surface area contributed by atoms with Crippen LogP contribution in [0.1, 0.15) is 5.69 Å². The molecule has 4 nitrogen and oxygen atoms in total. The van der Waals surface area contributed by atoms with Gasteiger partial charge in [-0.3, -0.25) is 9.54 Å². The Kier molecular flexibility index (Phi) is 2.78. The molecule has 0 saturated heterocycles. The number of nitrogens with zero attached hydrogens (tertiary/aromatic N) is 1. The van der Waals surface area contributed by atoms with Crippen LogP contribution in [0, 0.1) is 0 Å². The first kappa shape index (κ1) is 9.15. The summed E-state index contributed by atoms with van der Waals surface area (Å²) in [5.74, 6) is -0.274. The van der Waals surface area contributed by atoms with E-state index >= 15 is 0 Å².